The highest BCUT2D eigenvalue weighted by atomic mass is 32.2. The predicted molar refractivity (Wildman–Crippen MR) is 108 cm³/mol. The number of aromatic nitrogens is 2. The van der Waals surface area contributed by atoms with E-state index in [0.29, 0.717) is 12.1 Å². The molecule has 0 aliphatic rings. The maximum Gasteiger partial charge on any atom is 0.258 e. The molecule has 5 heteroatoms. The quantitative estimate of drug-likeness (QED) is 0.595. The molecule has 0 radical (unpaired) electrons. The van der Waals surface area contributed by atoms with Gasteiger partial charge >= 0.3 is 0 Å². The minimum atomic E-state index is 0.0291. The van der Waals surface area contributed by atoms with E-state index >= 15 is 0 Å². The highest BCUT2D eigenvalue weighted by Gasteiger charge is 2.16. The first-order valence-corrected chi connectivity index (χ1v) is 9.64. The average Bonchev–Trinajstić information content (AvgIpc) is 3.06. The standard InChI is InChI=1S/C21H23N3OS/c1-4-24(19-7-5-6-16(2)14-19)20(25)18-10-8-17(9-11-18)15-26-21-22-12-13-23(21)3/h5-14H,4,15H2,1-3H3. The fourth-order valence-corrected chi connectivity index (χ4v) is 3.67. The summed E-state index contributed by atoms with van der Waals surface area (Å²) in [5, 5.41) is 0.988. The van der Waals surface area contributed by atoms with Crippen molar-refractivity contribution in [2.75, 3.05) is 11.4 Å². The zero-order chi connectivity index (χ0) is 18.5. The molecule has 1 heterocycles. The number of carbonyl (C=O) groups is 1. The summed E-state index contributed by atoms with van der Waals surface area (Å²) >= 11 is 1.69. The van der Waals surface area contributed by atoms with Crippen LogP contribution < -0.4 is 4.90 Å². The van der Waals surface area contributed by atoms with Crippen molar-refractivity contribution in [1.82, 2.24) is 9.55 Å². The Morgan fingerprint density at radius 2 is 1.96 bits per heavy atom. The lowest BCUT2D eigenvalue weighted by Crippen LogP contribution is -2.30. The van der Waals surface area contributed by atoms with Gasteiger partial charge in [-0.05, 0) is 49.2 Å². The molecule has 0 spiro atoms. The molecule has 4 nitrogen and oxygen atoms in total. The number of rotatable bonds is 6. The first-order chi connectivity index (χ1) is 12.6. The number of aryl methyl sites for hydroxylation is 2. The van der Waals surface area contributed by atoms with E-state index in [4.69, 9.17) is 0 Å². The average molecular weight is 366 g/mol. The molecule has 0 atom stereocenters. The molecule has 26 heavy (non-hydrogen) atoms. The van der Waals surface area contributed by atoms with Crippen LogP contribution in [0, 0.1) is 6.92 Å². The Morgan fingerprint density at radius 1 is 1.19 bits per heavy atom. The van der Waals surface area contributed by atoms with Crippen molar-refractivity contribution in [2.24, 2.45) is 7.05 Å². The molecule has 1 aromatic heterocycles. The number of hydrogen-bond acceptors (Lipinski definition) is 3. The largest absolute Gasteiger partial charge is 0.329 e. The van der Waals surface area contributed by atoms with Gasteiger partial charge in [-0.15, -0.1) is 0 Å². The van der Waals surface area contributed by atoms with Crippen molar-refractivity contribution >= 4 is 23.4 Å². The van der Waals surface area contributed by atoms with E-state index in [1.807, 2.05) is 85.1 Å². The fourth-order valence-electron chi connectivity index (χ4n) is 2.78. The second kappa shape index (κ2) is 8.23. The lowest BCUT2D eigenvalue weighted by Gasteiger charge is -2.21. The highest BCUT2D eigenvalue weighted by Crippen LogP contribution is 2.22. The van der Waals surface area contributed by atoms with Gasteiger partial charge in [0.1, 0.15) is 0 Å². The normalized spacial score (nSPS) is 10.7. The minimum Gasteiger partial charge on any atom is -0.329 e. The van der Waals surface area contributed by atoms with Gasteiger partial charge in [0.25, 0.3) is 5.91 Å². The number of amides is 1. The van der Waals surface area contributed by atoms with Crippen molar-refractivity contribution in [3.63, 3.8) is 0 Å². The molecule has 0 bridgehead atoms. The van der Waals surface area contributed by atoms with Gasteiger partial charge in [-0.2, -0.15) is 0 Å². The molecule has 1 amide bonds. The van der Waals surface area contributed by atoms with Crippen molar-refractivity contribution in [3.8, 4) is 0 Å². The van der Waals surface area contributed by atoms with Crippen molar-refractivity contribution in [3.05, 3.63) is 77.6 Å². The van der Waals surface area contributed by atoms with Crippen LogP contribution in [0.5, 0.6) is 0 Å². The van der Waals surface area contributed by atoms with E-state index in [0.717, 1.165) is 22.2 Å². The number of anilines is 1. The van der Waals surface area contributed by atoms with Crippen LogP contribution in [0.1, 0.15) is 28.4 Å². The first kappa shape index (κ1) is 18.3. The Labute approximate surface area is 158 Å². The van der Waals surface area contributed by atoms with Crippen LogP contribution in [0.2, 0.25) is 0 Å². The fraction of sp³-hybridized carbons (Fsp3) is 0.238. The molecule has 0 saturated carbocycles. The number of nitrogens with zero attached hydrogens (tertiary/aromatic N) is 3. The van der Waals surface area contributed by atoms with Crippen LogP contribution in [-0.2, 0) is 12.8 Å². The summed E-state index contributed by atoms with van der Waals surface area (Å²) in [6.07, 6.45) is 3.74. The molecule has 0 aliphatic carbocycles. The summed E-state index contributed by atoms with van der Waals surface area (Å²) in [7, 11) is 1.99. The summed E-state index contributed by atoms with van der Waals surface area (Å²) in [6.45, 7) is 4.67. The molecule has 0 aliphatic heterocycles. The van der Waals surface area contributed by atoms with Crippen LogP contribution in [0.3, 0.4) is 0 Å². The molecule has 2 aromatic carbocycles. The molecule has 3 rings (SSSR count). The summed E-state index contributed by atoms with van der Waals surface area (Å²) in [6, 6.07) is 15.9. The smallest absolute Gasteiger partial charge is 0.258 e. The number of hydrogen-bond donors (Lipinski definition) is 0. The first-order valence-electron chi connectivity index (χ1n) is 8.66. The Balaban J connectivity index is 1.70. The van der Waals surface area contributed by atoms with E-state index < -0.39 is 0 Å². The van der Waals surface area contributed by atoms with Gasteiger partial charge in [0.05, 0.1) is 0 Å². The maximum atomic E-state index is 12.9. The summed E-state index contributed by atoms with van der Waals surface area (Å²) in [4.78, 5) is 19.0. The summed E-state index contributed by atoms with van der Waals surface area (Å²) in [5.74, 6) is 0.857. The molecular formula is C21H23N3OS. The SMILES string of the molecule is CCN(C(=O)c1ccc(CSc2nccn2C)cc1)c1cccc(C)c1. The summed E-state index contributed by atoms with van der Waals surface area (Å²) < 4.78 is 2.00. The zero-order valence-corrected chi connectivity index (χ0v) is 16.2. The topological polar surface area (TPSA) is 38.1 Å². The molecule has 0 N–H and O–H groups in total. The molecule has 0 saturated heterocycles. The van der Waals surface area contributed by atoms with Crippen LogP contribution in [0.15, 0.2) is 66.1 Å². The predicted octanol–water partition coefficient (Wildman–Crippen LogP) is 4.69. The van der Waals surface area contributed by atoms with Crippen molar-refractivity contribution < 1.29 is 4.79 Å². The number of imidazole rings is 1. The number of benzene rings is 2. The van der Waals surface area contributed by atoms with Gasteiger partial charge in [0.2, 0.25) is 0 Å². The Morgan fingerprint density at radius 3 is 2.58 bits per heavy atom. The van der Waals surface area contributed by atoms with Gasteiger partial charge in [-0.25, -0.2) is 4.98 Å². The Kier molecular flexibility index (Phi) is 5.78. The second-order valence-electron chi connectivity index (χ2n) is 6.19. The maximum absolute atomic E-state index is 12.9. The summed E-state index contributed by atoms with van der Waals surface area (Å²) in [5.41, 5.74) is 3.97. The van der Waals surface area contributed by atoms with E-state index in [2.05, 4.69) is 4.98 Å². The third-order valence-corrected chi connectivity index (χ3v) is 5.35. The number of thioether (sulfide) groups is 1. The second-order valence-corrected chi connectivity index (χ2v) is 7.14. The Hall–Kier alpha value is -2.53. The zero-order valence-electron chi connectivity index (χ0n) is 15.3. The lowest BCUT2D eigenvalue weighted by molar-refractivity contribution is 0.0988. The van der Waals surface area contributed by atoms with E-state index in [1.54, 1.807) is 18.0 Å². The minimum absolute atomic E-state index is 0.0291. The van der Waals surface area contributed by atoms with Crippen LogP contribution in [0.25, 0.3) is 0 Å². The Bertz CT molecular complexity index is 886. The van der Waals surface area contributed by atoms with Gasteiger partial charge in [-0.1, -0.05) is 36.0 Å². The molecule has 3 aromatic rings. The third kappa shape index (κ3) is 4.17. The van der Waals surface area contributed by atoms with Gasteiger partial charge in [0.15, 0.2) is 5.16 Å². The van der Waals surface area contributed by atoms with Gasteiger partial charge in [-0.3, -0.25) is 4.79 Å². The highest BCUT2D eigenvalue weighted by molar-refractivity contribution is 7.98. The number of carbonyl (C=O) groups excluding carboxylic acids is 1. The van der Waals surface area contributed by atoms with E-state index in [-0.39, 0.29) is 5.91 Å². The van der Waals surface area contributed by atoms with E-state index in [1.165, 1.54) is 5.56 Å². The van der Waals surface area contributed by atoms with Crippen LogP contribution >= 0.6 is 11.8 Å². The third-order valence-electron chi connectivity index (χ3n) is 4.22. The van der Waals surface area contributed by atoms with E-state index in [9.17, 15) is 4.79 Å². The van der Waals surface area contributed by atoms with Crippen LogP contribution in [0.4, 0.5) is 5.69 Å². The van der Waals surface area contributed by atoms with Gasteiger partial charge in [0, 0.05) is 43.0 Å². The monoisotopic (exact) mass is 365 g/mol. The molecule has 0 fully saturated rings. The van der Waals surface area contributed by atoms with Crippen LogP contribution in [-0.4, -0.2) is 22.0 Å². The lowest BCUT2D eigenvalue weighted by atomic mass is 10.1. The van der Waals surface area contributed by atoms with Crippen molar-refractivity contribution in [2.45, 2.75) is 24.8 Å². The molecule has 0 unspecified atom stereocenters. The van der Waals surface area contributed by atoms with Crippen molar-refractivity contribution in [1.29, 1.82) is 0 Å². The van der Waals surface area contributed by atoms with Gasteiger partial charge < -0.3 is 9.47 Å². The molecular weight excluding hydrogens is 342 g/mol. The molecule has 134 valence electrons.